The van der Waals surface area contributed by atoms with Gasteiger partial charge in [0.15, 0.2) is 15.6 Å². The molecule has 10 heteroatoms. The molecule has 0 N–H and O–H groups in total. The third-order valence-corrected chi connectivity index (χ3v) is 6.85. The van der Waals surface area contributed by atoms with Gasteiger partial charge in [0.05, 0.1) is 22.2 Å². The Kier molecular flexibility index (Phi) is 8.83. The molecule has 2 aromatic carbocycles. The van der Waals surface area contributed by atoms with Crippen LogP contribution >= 0.6 is 23.2 Å². The van der Waals surface area contributed by atoms with Gasteiger partial charge in [0.2, 0.25) is 0 Å². The van der Waals surface area contributed by atoms with Gasteiger partial charge in [-0.2, -0.15) is 5.26 Å². The van der Waals surface area contributed by atoms with Gasteiger partial charge in [-0.05, 0) is 48.4 Å². The van der Waals surface area contributed by atoms with Crippen molar-refractivity contribution in [3.63, 3.8) is 0 Å². The van der Waals surface area contributed by atoms with E-state index in [1.807, 2.05) is 51.1 Å². The van der Waals surface area contributed by atoms with Gasteiger partial charge in [0, 0.05) is 17.9 Å². The average molecular weight is 548 g/mol. The van der Waals surface area contributed by atoms with Crippen LogP contribution in [-0.2, 0) is 21.0 Å². The third-order valence-electron chi connectivity index (χ3n) is 5.63. The van der Waals surface area contributed by atoms with Crippen molar-refractivity contribution >= 4 is 33.0 Å². The number of sulfone groups is 1. The second kappa shape index (κ2) is 11.5. The number of nitriles is 1. The molecule has 3 rings (SSSR count). The first kappa shape index (κ1) is 27.7. The summed E-state index contributed by atoms with van der Waals surface area (Å²) >= 11 is 12.1. The molecule has 0 aliphatic rings. The molecule has 0 amide bonds. The standard InChI is InChI=1S/C26H27Cl2N3O4S/c1-17(23-9-11-30-24(31-23)16-36(4,32)33)35-21-7-5-19(6-8-21)26(2,3)20-13-18(15-29)25(22(28)14-20)34-12-10-27/h5-9,11,13-14,17H,10,12,16H2,1-4H3/t17-/m1/s1. The SMILES string of the molecule is C[C@@H](Oc1ccc(C(C)(C)c2cc(Cl)c(OCCCl)c(C#N)c2)cc1)c1ccnc(CS(C)(=O)=O)n1. The van der Waals surface area contributed by atoms with Crippen molar-refractivity contribution in [1.29, 1.82) is 5.26 Å². The summed E-state index contributed by atoms with van der Waals surface area (Å²) in [6.07, 6.45) is 2.26. The van der Waals surface area contributed by atoms with Crippen LogP contribution in [-0.4, -0.2) is 37.1 Å². The van der Waals surface area contributed by atoms with Gasteiger partial charge < -0.3 is 9.47 Å². The van der Waals surface area contributed by atoms with Gasteiger partial charge >= 0.3 is 0 Å². The third kappa shape index (κ3) is 6.88. The van der Waals surface area contributed by atoms with E-state index >= 15 is 0 Å². The van der Waals surface area contributed by atoms with E-state index in [2.05, 4.69) is 16.0 Å². The molecule has 0 aliphatic carbocycles. The molecule has 1 aromatic heterocycles. The van der Waals surface area contributed by atoms with E-state index in [1.54, 1.807) is 12.1 Å². The lowest BCUT2D eigenvalue weighted by Gasteiger charge is -2.27. The Morgan fingerprint density at radius 1 is 1.14 bits per heavy atom. The summed E-state index contributed by atoms with van der Waals surface area (Å²) in [5, 5.41) is 9.97. The maximum absolute atomic E-state index is 11.6. The van der Waals surface area contributed by atoms with Crippen molar-refractivity contribution in [2.24, 2.45) is 0 Å². The number of aromatic nitrogens is 2. The van der Waals surface area contributed by atoms with Crippen LogP contribution in [0.2, 0.25) is 5.02 Å². The fourth-order valence-corrected chi connectivity index (χ4v) is 4.61. The van der Waals surface area contributed by atoms with Gasteiger partial charge in [-0.1, -0.05) is 37.6 Å². The smallest absolute Gasteiger partial charge is 0.155 e. The molecule has 0 spiro atoms. The van der Waals surface area contributed by atoms with E-state index < -0.39 is 21.4 Å². The quantitative estimate of drug-likeness (QED) is 0.303. The predicted octanol–water partition coefficient (Wildman–Crippen LogP) is 5.63. The lowest BCUT2D eigenvalue weighted by Crippen LogP contribution is -2.19. The van der Waals surface area contributed by atoms with Crippen LogP contribution < -0.4 is 9.47 Å². The Morgan fingerprint density at radius 2 is 1.83 bits per heavy atom. The first-order chi connectivity index (χ1) is 16.9. The average Bonchev–Trinajstić information content (AvgIpc) is 2.82. The Labute approximate surface area is 221 Å². The second-order valence-corrected chi connectivity index (χ2v) is 11.8. The van der Waals surface area contributed by atoms with Gasteiger partial charge in [0.1, 0.15) is 36.1 Å². The van der Waals surface area contributed by atoms with Crippen molar-refractivity contribution in [2.45, 2.75) is 38.0 Å². The minimum atomic E-state index is -3.24. The highest BCUT2D eigenvalue weighted by Crippen LogP contribution is 2.38. The topological polar surface area (TPSA) is 102 Å². The molecule has 3 aromatic rings. The van der Waals surface area contributed by atoms with Crippen LogP contribution in [0, 0.1) is 11.3 Å². The highest BCUT2D eigenvalue weighted by molar-refractivity contribution is 7.89. The van der Waals surface area contributed by atoms with Gasteiger partial charge in [-0.3, -0.25) is 0 Å². The number of nitrogens with zero attached hydrogens (tertiary/aromatic N) is 3. The summed E-state index contributed by atoms with van der Waals surface area (Å²) in [5.74, 6) is 1.26. The molecule has 0 bridgehead atoms. The van der Waals surface area contributed by atoms with E-state index in [1.165, 1.54) is 6.20 Å². The van der Waals surface area contributed by atoms with Crippen LogP contribution in [0.25, 0.3) is 0 Å². The highest BCUT2D eigenvalue weighted by atomic mass is 35.5. The first-order valence-corrected chi connectivity index (χ1v) is 14.1. The maximum Gasteiger partial charge on any atom is 0.155 e. The van der Waals surface area contributed by atoms with Crippen LogP contribution in [0.15, 0.2) is 48.7 Å². The number of halogens is 2. The first-order valence-electron chi connectivity index (χ1n) is 11.1. The molecule has 0 fully saturated rings. The molecule has 0 unspecified atom stereocenters. The molecule has 36 heavy (non-hydrogen) atoms. The zero-order chi connectivity index (χ0) is 26.5. The van der Waals surface area contributed by atoms with E-state index in [4.69, 9.17) is 32.7 Å². The summed E-state index contributed by atoms with van der Waals surface area (Å²) in [6, 6.07) is 15.1. The van der Waals surface area contributed by atoms with Gasteiger partial charge in [-0.15, -0.1) is 11.6 Å². The Morgan fingerprint density at radius 3 is 2.44 bits per heavy atom. The molecule has 0 aliphatic heterocycles. The zero-order valence-electron chi connectivity index (χ0n) is 20.5. The molecule has 7 nitrogen and oxygen atoms in total. The monoisotopic (exact) mass is 547 g/mol. The fourth-order valence-electron chi connectivity index (χ4n) is 3.65. The van der Waals surface area contributed by atoms with Crippen LogP contribution in [0.5, 0.6) is 11.5 Å². The van der Waals surface area contributed by atoms with Crippen molar-refractivity contribution in [1.82, 2.24) is 9.97 Å². The molecule has 1 heterocycles. The number of benzene rings is 2. The highest BCUT2D eigenvalue weighted by Gasteiger charge is 2.26. The maximum atomic E-state index is 11.6. The lowest BCUT2D eigenvalue weighted by molar-refractivity contribution is 0.221. The summed E-state index contributed by atoms with van der Waals surface area (Å²) in [6.45, 7) is 6.18. The predicted molar refractivity (Wildman–Crippen MR) is 141 cm³/mol. The largest absolute Gasteiger partial charge is 0.489 e. The molecule has 0 radical (unpaired) electrons. The van der Waals surface area contributed by atoms with Crippen molar-refractivity contribution < 1.29 is 17.9 Å². The Bertz CT molecular complexity index is 1370. The molecular weight excluding hydrogens is 521 g/mol. The van der Waals surface area contributed by atoms with Crippen LogP contribution in [0.4, 0.5) is 0 Å². The molecule has 0 saturated carbocycles. The number of ether oxygens (including phenoxy) is 2. The van der Waals surface area contributed by atoms with E-state index in [0.29, 0.717) is 33.7 Å². The van der Waals surface area contributed by atoms with Crippen LogP contribution in [0.1, 0.15) is 55.1 Å². The van der Waals surface area contributed by atoms with Crippen molar-refractivity contribution in [3.05, 3.63) is 81.9 Å². The van der Waals surface area contributed by atoms with Gasteiger partial charge in [0.25, 0.3) is 0 Å². The summed E-state index contributed by atoms with van der Waals surface area (Å²) < 4.78 is 34.7. The number of rotatable bonds is 10. The summed E-state index contributed by atoms with van der Waals surface area (Å²) in [7, 11) is -3.24. The number of hydrogen-bond donors (Lipinski definition) is 0. The van der Waals surface area contributed by atoms with Crippen LogP contribution in [0.3, 0.4) is 0 Å². The second-order valence-electron chi connectivity index (χ2n) is 8.86. The lowest BCUT2D eigenvalue weighted by atomic mass is 9.77. The van der Waals surface area contributed by atoms with Crippen molar-refractivity contribution in [2.75, 3.05) is 18.7 Å². The normalized spacial score (nSPS) is 12.6. The molecular formula is C26H27Cl2N3O4S. The Balaban J connectivity index is 1.80. The minimum Gasteiger partial charge on any atom is -0.489 e. The summed E-state index contributed by atoms with van der Waals surface area (Å²) in [5.41, 5.74) is 2.34. The number of alkyl halides is 1. The fraction of sp³-hybridized carbons (Fsp3) is 0.346. The molecule has 190 valence electrons. The van der Waals surface area contributed by atoms with Gasteiger partial charge in [-0.25, -0.2) is 18.4 Å². The Hall–Kier alpha value is -2.86. The summed E-state index contributed by atoms with van der Waals surface area (Å²) in [4.78, 5) is 8.36. The zero-order valence-corrected chi connectivity index (χ0v) is 22.8. The van der Waals surface area contributed by atoms with E-state index in [-0.39, 0.29) is 18.2 Å². The minimum absolute atomic E-state index is 0.227. The van der Waals surface area contributed by atoms with Crippen molar-refractivity contribution in [3.8, 4) is 17.6 Å². The number of hydrogen-bond acceptors (Lipinski definition) is 7. The van der Waals surface area contributed by atoms with E-state index in [0.717, 1.165) is 17.4 Å². The molecule has 1 atom stereocenters. The van der Waals surface area contributed by atoms with E-state index in [9.17, 15) is 13.7 Å². The molecule has 0 saturated heterocycles.